The second-order valence-corrected chi connectivity index (χ2v) is 10.1. The number of benzene rings is 1. The van der Waals surface area contributed by atoms with E-state index in [0.29, 0.717) is 0 Å². The van der Waals surface area contributed by atoms with Gasteiger partial charge in [0.2, 0.25) is 0 Å². The molecule has 19 heavy (non-hydrogen) atoms. The number of nitrogens with two attached hydrogens (primary N) is 1. The molecule has 0 aliphatic heterocycles. The molecule has 0 spiro atoms. The van der Waals surface area contributed by atoms with Crippen molar-refractivity contribution in [3.63, 3.8) is 0 Å². The summed E-state index contributed by atoms with van der Waals surface area (Å²) in [5.41, 5.74) is 12.4. The van der Waals surface area contributed by atoms with E-state index in [1.807, 2.05) is 20.8 Å². The predicted molar refractivity (Wildman–Crippen MR) is 90.3 cm³/mol. The van der Waals surface area contributed by atoms with E-state index in [9.17, 15) is 0 Å². The summed E-state index contributed by atoms with van der Waals surface area (Å²) in [6.07, 6.45) is 0. The van der Waals surface area contributed by atoms with Gasteiger partial charge in [0.15, 0.2) is 0 Å². The first-order valence-electron chi connectivity index (χ1n) is 7.18. The quantitative estimate of drug-likeness (QED) is 0.758. The Labute approximate surface area is 120 Å². The van der Waals surface area contributed by atoms with Gasteiger partial charge in [0.05, 0.1) is 0 Å². The monoisotopic (exact) mass is 275 g/mol. The van der Waals surface area contributed by atoms with Crippen molar-refractivity contribution in [2.24, 2.45) is 5.73 Å². The fourth-order valence-electron chi connectivity index (χ4n) is 2.65. The summed E-state index contributed by atoms with van der Waals surface area (Å²) >= 11 is 0. The van der Waals surface area contributed by atoms with Gasteiger partial charge in [-0.05, 0) is 56.9 Å². The Kier molecular flexibility index (Phi) is 5.16. The lowest BCUT2D eigenvalue weighted by molar-refractivity contribution is 0.580. The van der Waals surface area contributed by atoms with E-state index in [-0.39, 0.29) is 5.54 Å². The lowest BCUT2D eigenvalue weighted by Gasteiger charge is -2.17. The van der Waals surface area contributed by atoms with Gasteiger partial charge in [0, 0.05) is 14.3 Å². The van der Waals surface area contributed by atoms with Crippen LogP contribution < -0.4 is 5.73 Å². The molecule has 0 fully saturated rings. The largest absolute Gasteiger partial charge is 0.326 e. The molecule has 0 bridgehead atoms. The molecule has 1 unspecified atom stereocenters. The van der Waals surface area contributed by atoms with Crippen LogP contribution in [0.5, 0.6) is 0 Å². The number of hydrogen-bond acceptors (Lipinski definition) is 1. The first-order valence-corrected chi connectivity index (χ1v) is 10.2. The molecule has 2 rings (SSSR count). The average molecular weight is 276 g/mol. The number of fused-ring (bicyclic) bond motifs is 1. The van der Waals surface area contributed by atoms with Crippen LogP contribution in [0.1, 0.15) is 51.3 Å². The third-order valence-electron chi connectivity index (χ3n) is 3.42. The van der Waals surface area contributed by atoms with Crippen molar-refractivity contribution in [2.45, 2.75) is 58.8 Å². The number of rotatable bonds is 1. The SMILES string of the molecule is CC(C)(C)N.CC1=C(C)C([SiH](C)C)c2ccccc21. The molecule has 106 valence electrons. The average Bonchev–Trinajstić information content (AvgIpc) is 2.50. The van der Waals surface area contributed by atoms with Gasteiger partial charge < -0.3 is 5.73 Å². The molecule has 1 nitrogen and oxygen atoms in total. The van der Waals surface area contributed by atoms with Crippen LogP contribution in [0.25, 0.3) is 5.57 Å². The maximum Gasteiger partial charge on any atom is 0.0439 e. The minimum atomic E-state index is -0.614. The zero-order valence-electron chi connectivity index (χ0n) is 13.5. The molecular formula is C17H29NSi. The molecule has 0 aromatic heterocycles. The van der Waals surface area contributed by atoms with Gasteiger partial charge in [-0.25, -0.2) is 0 Å². The van der Waals surface area contributed by atoms with E-state index in [1.165, 1.54) is 11.1 Å². The first-order chi connectivity index (χ1) is 8.63. The highest BCUT2D eigenvalue weighted by Gasteiger charge is 2.28. The van der Waals surface area contributed by atoms with Crippen molar-refractivity contribution in [2.75, 3.05) is 0 Å². The first kappa shape index (κ1) is 16.2. The Bertz CT molecular complexity index is 460. The molecule has 2 heteroatoms. The fourth-order valence-corrected chi connectivity index (χ4v) is 4.91. The van der Waals surface area contributed by atoms with Crippen molar-refractivity contribution in [3.8, 4) is 0 Å². The highest BCUT2D eigenvalue weighted by Crippen LogP contribution is 2.42. The maximum absolute atomic E-state index is 5.35. The molecule has 0 amide bonds. The number of hydrogen-bond donors (Lipinski definition) is 1. The summed E-state index contributed by atoms with van der Waals surface area (Å²) < 4.78 is 0. The summed E-state index contributed by atoms with van der Waals surface area (Å²) in [5.74, 6) is 0. The minimum Gasteiger partial charge on any atom is -0.326 e. The lowest BCUT2D eigenvalue weighted by Crippen LogP contribution is -2.26. The number of allylic oxidation sites excluding steroid dienone is 2. The molecule has 0 radical (unpaired) electrons. The molecule has 0 saturated carbocycles. The molecule has 1 atom stereocenters. The second kappa shape index (κ2) is 6.06. The highest BCUT2D eigenvalue weighted by atomic mass is 28.3. The summed E-state index contributed by atoms with van der Waals surface area (Å²) in [5, 5.41) is 0. The van der Waals surface area contributed by atoms with Gasteiger partial charge in [-0.2, -0.15) is 0 Å². The maximum atomic E-state index is 5.35. The third kappa shape index (κ3) is 4.32. The normalized spacial score (nSPS) is 18.3. The smallest absolute Gasteiger partial charge is 0.0439 e. The molecule has 1 aliphatic carbocycles. The Morgan fingerprint density at radius 2 is 1.53 bits per heavy atom. The van der Waals surface area contributed by atoms with Crippen molar-refractivity contribution in [1.82, 2.24) is 0 Å². The highest BCUT2D eigenvalue weighted by molar-refractivity contribution is 6.58. The molecule has 1 aromatic carbocycles. The van der Waals surface area contributed by atoms with Gasteiger partial charge in [0.25, 0.3) is 0 Å². The van der Waals surface area contributed by atoms with Crippen molar-refractivity contribution in [1.29, 1.82) is 0 Å². The molecular weight excluding hydrogens is 246 g/mol. The summed E-state index contributed by atoms with van der Waals surface area (Å²) in [4.78, 5) is 0. The minimum absolute atomic E-state index is 0. The molecule has 1 aromatic rings. The summed E-state index contributed by atoms with van der Waals surface area (Å²) in [6.45, 7) is 15.4. The third-order valence-corrected chi connectivity index (χ3v) is 5.62. The van der Waals surface area contributed by atoms with Gasteiger partial charge in [-0.1, -0.05) is 42.9 Å². The molecule has 0 saturated heterocycles. The summed E-state index contributed by atoms with van der Waals surface area (Å²) in [6, 6.07) is 8.91. The van der Waals surface area contributed by atoms with Crippen LogP contribution in [0.3, 0.4) is 0 Å². The Hall–Kier alpha value is -0.863. The summed E-state index contributed by atoms with van der Waals surface area (Å²) in [7, 11) is -0.614. The van der Waals surface area contributed by atoms with Crippen LogP contribution in [0.4, 0.5) is 0 Å². The van der Waals surface area contributed by atoms with Crippen molar-refractivity contribution in [3.05, 3.63) is 41.0 Å². The van der Waals surface area contributed by atoms with Crippen LogP contribution in [-0.2, 0) is 0 Å². The van der Waals surface area contributed by atoms with Gasteiger partial charge in [0.1, 0.15) is 0 Å². The van der Waals surface area contributed by atoms with Crippen molar-refractivity contribution >= 4 is 14.4 Å². The zero-order valence-corrected chi connectivity index (χ0v) is 14.7. The zero-order chi connectivity index (χ0) is 14.8. The topological polar surface area (TPSA) is 26.0 Å². The van der Waals surface area contributed by atoms with E-state index in [1.54, 1.807) is 11.1 Å². The van der Waals surface area contributed by atoms with E-state index >= 15 is 0 Å². The van der Waals surface area contributed by atoms with Crippen LogP contribution in [0, 0.1) is 0 Å². The lowest BCUT2D eigenvalue weighted by atomic mass is 10.1. The Balaban J connectivity index is 0.000000312. The molecule has 1 aliphatic rings. The van der Waals surface area contributed by atoms with E-state index in [2.05, 4.69) is 51.2 Å². The van der Waals surface area contributed by atoms with Gasteiger partial charge >= 0.3 is 0 Å². The predicted octanol–water partition coefficient (Wildman–Crippen LogP) is 4.35. The fraction of sp³-hybridized carbons (Fsp3) is 0.529. The van der Waals surface area contributed by atoms with Crippen LogP contribution in [-0.4, -0.2) is 14.3 Å². The Morgan fingerprint density at radius 1 is 1.05 bits per heavy atom. The second-order valence-electron chi connectivity index (χ2n) is 6.98. The van der Waals surface area contributed by atoms with Gasteiger partial charge in [-0.15, -0.1) is 0 Å². The van der Waals surface area contributed by atoms with Crippen LogP contribution in [0.2, 0.25) is 13.1 Å². The van der Waals surface area contributed by atoms with E-state index in [0.717, 1.165) is 5.54 Å². The van der Waals surface area contributed by atoms with Crippen LogP contribution >= 0.6 is 0 Å². The van der Waals surface area contributed by atoms with Crippen molar-refractivity contribution < 1.29 is 0 Å². The van der Waals surface area contributed by atoms with E-state index in [4.69, 9.17) is 5.73 Å². The van der Waals surface area contributed by atoms with Gasteiger partial charge in [-0.3, -0.25) is 0 Å². The Morgan fingerprint density at radius 3 is 2.00 bits per heavy atom. The molecule has 2 N–H and O–H groups in total. The standard InChI is InChI=1S/C13H18Si.C4H11N/c1-9-10(2)13(14(3)4)12-8-6-5-7-11(9)12;1-4(2,3)5/h5-8,13-14H,1-4H3;5H2,1-3H3. The van der Waals surface area contributed by atoms with Crippen LogP contribution in [0.15, 0.2) is 29.8 Å². The molecule has 0 heterocycles. The van der Waals surface area contributed by atoms with E-state index < -0.39 is 8.80 Å².